The second kappa shape index (κ2) is 9.89. The van der Waals surface area contributed by atoms with E-state index in [-0.39, 0.29) is 11.3 Å². The second-order valence-corrected chi connectivity index (χ2v) is 9.34. The van der Waals surface area contributed by atoms with Gasteiger partial charge >= 0.3 is 0 Å². The Hall–Kier alpha value is -2.97. The van der Waals surface area contributed by atoms with Crippen molar-refractivity contribution in [2.45, 2.75) is 32.6 Å². The number of rotatable bonds is 7. The second-order valence-electron chi connectivity index (χ2n) is 9.34. The molecule has 1 aliphatic heterocycles. The van der Waals surface area contributed by atoms with E-state index >= 15 is 0 Å². The number of methoxy groups -OCH3 is 1. The summed E-state index contributed by atoms with van der Waals surface area (Å²) in [4.78, 5) is 20.0. The van der Waals surface area contributed by atoms with Gasteiger partial charge in [0.05, 0.1) is 31.7 Å². The van der Waals surface area contributed by atoms with Crippen LogP contribution in [0.1, 0.15) is 43.4 Å². The molecule has 0 atom stereocenters. The zero-order valence-corrected chi connectivity index (χ0v) is 19.9. The Labute approximate surface area is 194 Å². The molecular weight excluding hydrogens is 418 g/mol. The van der Waals surface area contributed by atoms with E-state index < -0.39 is 0 Å². The molecule has 0 unspecified atom stereocenters. The van der Waals surface area contributed by atoms with Crippen LogP contribution in [0.2, 0.25) is 0 Å². The minimum absolute atomic E-state index is 0.145. The molecule has 8 nitrogen and oxygen atoms in total. The number of ether oxygens (including phenoxy) is 2. The number of hydrogen-bond acceptors (Lipinski definition) is 6. The summed E-state index contributed by atoms with van der Waals surface area (Å²) in [6, 6.07) is 11.5. The van der Waals surface area contributed by atoms with Crippen molar-refractivity contribution in [3.05, 3.63) is 47.8 Å². The number of aromatic nitrogens is 3. The van der Waals surface area contributed by atoms with Crippen molar-refractivity contribution in [2.24, 2.45) is 0 Å². The summed E-state index contributed by atoms with van der Waals surface area (Å²) in [5.74, 6) is 0.531. The van der Waals surface area contributed by atoms with Gasteiger partial charge in [0.1, 0.15) is 11.4 Å². The smallest absolute Gasteiger partial charge is 0.270 e. The monoisotopic (exact) mass is 451 g/mol. The maximum atomic E-state index is 13.0. The highest BCUT2D eigenvalue weighted by atomic mass is 16.5. The van der Waals surface area contributed by atoms with Crippen LogP contribution in [0.3, 0.4) is 0 Å². The van der Waals surface area contributed by atoms with Gasteiger partial charge in [0, 0.05) is 36.7 Å². The third-order valence-corrected chi connectivity index (χ3v) is 5.85. The summed E-state index contributed by atoms with van der Waals surface area (Å²) >= 11 is 0. The molecule has 176 valence electrons. The normalized spacial score (nSPS) is 15.0. The van der Waals surface area contributed by atoms with Crippen LogP contribution in [0.4, 0.5) is 0 Å². The summed E-state index contributed by atoms with van der Waals surface area (Å²) < 4.78 is 12.8. The Balaban J connectivity index is 1.60. The standard InChI is InChI=1S/C25H33N5O3/c1-25(2,3)22-17-23-27-19(24(31)26-10-7-11-29-12-14-33-15-13-29)16-20(30(23)28-22)18-8-5-6-9-21(18)32-4/h5-6,8-9,16-17H,7,10-15H2,1-4H3,(H,26,31). The fourth-order valence-corrected chi connectivity index (χ4v) is 3.93. The van der Waals surface area contributed by atoms with Gasteiger partial charge in [-0.3, -0.25) is 9.69 Å². The van der Waals surface area contributed by atoms with Gasteiger partial charge in [0.15, 0.2) is 5.65 Å². The molecule has 1 saturated heterocycles. The number of para-hydroxylation sites is 1. The molecule has 3 aromatic rings. The molecule has 3 heterocycles. The Morgan fingerprint density at radius 3 is 2.67 bits per heavy atom. The van der Waals surface area contributed by atoms with Gasteiger partial charge < -0.3 is 14.8 Å². The van der Waals surface area contributed by atoms with Crippen molar-refractivity contribution in [1.29, 1.82) is 0 Å². The van der Waals surface area contributed by atoms with E-state index in [1.54, 1.807) is 17.7 Å². The van der Waals surface area contributed by atoms with Crippen LogP contribution in [0.5, 0.6) is 5.75 Å². The number of carbonyl (C=O) groups excluding carboxylic acids is 1. The minimum atomic E-state index is -0.186. The van der Waals surface area contributed by atoms with Crippen molar-refractivity contribution in [1.82, 2.24) is 24.8 Å². The molecule has 1 N–H and O–H groups in total. The highest BCUT2D eigenvalue weighted by Gasteiger charge is 2.22. The molecule has 0 bridgehead atoms. The van der Waals surface area contributed by atoms with Gasteiger partial charge in [-0.25, -0.2) is 9.50 Å². The average Bonchev–Trinajstić information content (AvgIpc) is 3.27. The van der Waals surface area contributed by atoms with Crippen LogP contribution in [0, 0.1) is 0 Å². The molecule has 4 rings (SSSR count). The number of nitrogens with one attached hydrogen (secondary N) is 1. The predicted octanol–water partition coefficient (Wildman–Crippen LogP) is 3.15. The van der Waals surface area contributed by atoms with Crippen molar-refractivity contribution >= 4 is 11.6 Å². The van der Waals surface area contributed by atoms with Crippen molar-refractivity contribution in [3.63, 3.8) is 0 Å². The molecule has 2 aromatic heterocycles. The number of amides is 1. The van der Waals surface area contributed by atoms with Gasteiger partial charge in [0.2, 0.25) is 0 Å². The first kappa shape index (κ1) is 23.2. The minimum Gasteiger partial charge on any atom is -0.496 e. The summed E-state index contributed by atoms with van der Waals surface area (Å²) in [6.07, 6.45) is 0.883. The van der Waals surface area contributed by atoms with Gasteiger partial charge in [-0.05, 0) is 31.2 Å². The first-order chi connectivity index (χ1) is 15.9. The van der Waals surface area contributed by atoms with Crippen LogP contribution < -0.4 is 10.1 Å². The van der Waals surface area contributed by atoms with E-state index in [0.717, 1.165) is 62.0 Å². The number of benzene rings is 1. The van der Waals surface area contributed by atoms with Gasteiger partial charge in [0.25, 0.3) is 5.91 Å². The first-order valence-corrected chi connectivity index (χ1v) is 11.5. The number of carbonyl (C=O) groups is 1. The van der Waals surface area contributed by atoms with Crippen molar-refractivity contribution in [2.75, 3.05) is 46.5 Å². The Bertz CT molecular complexity index is 1110. The van der Waals surface area contributed by atoms with E-state index in [1.165, 1.54) is 0 Å². The molecule has 1 aromatic carbocycles. The molecule has 0 saturated carbocycles. The Kier molecular flexibility index (Phi) is 6.95. The van der Waals surface area contributed by atoms with Crippen LogP contribution in [0.25, 0.3) is 16.9 Å². The van der Waals surface area contributed by atoms with E-state index in [2.05, 4.69) is 36.0 Å². The molecule has 33 heavy (non-hydrogen) atoms. The topological polar surface area (TPSA) is 81.0 Å². The lowest BCUT2D eigenvalue weighted by molar-refractivity contribution is 0.0374. The largest absolute Gasteiger partial charge is 0.496 e. The Morgan fingerprint density at radius 2 is 1.94 bits per heavy atom. The molecule has 1 fully saturated rings. The van der Waals surface area contributed by atoms with E-state index in [0.29, 0.717) is 17.9 Å². The van der Waals surface area contributed by atoms with E-state index in [1.807, 2.05) is 30.3 Å². The highest BCUT2D eigenvalue weighted by molar-refractivity contribution is 5.94. The predicted molar refractivity (Wildman–Crippen MR) is 128 cm³/mol. The summed E-state index contributed by atoms with van der Waals surface area (Å²) in [5.41, 5.74) is 3.41. The van der Waals surface area contributed by atoms with Crippen LogP contribution in [-0.4, -0.2) is 71.9 Å². The third kappa shape index (κ3) is 5.34. The van der Waals surface area contributed by atoms with Gasteiger partial charge in [-0.2, -0.15) is 5.10 Å². The van der Waals surface area contributed by atoms with Crippen LogP contribution in [-0.2, 0) is 10.2 Å². The Morgan fingerprint density at radius 1 is 1.18 bits per heavy atom. The highest BCUT2D eigenvalue weighted by Crippen LogP contribution is 2.31. The fraction of sp³-hybridized carbons (Fsp3) is 0.480. The third-order valence-electron chi connectivity index (χ3n) is 5.85. The lowest BCUT2D eigenvalue weighted by Gasteiger charge is -2.26. The summed E-state index contributed by atoms with van der Waals surface area (Å²) in [7, 11) is 1.64. The molecule has 8 heteroatoms. The van der Waals surface area contributed by atoms with E-state index in [4.69, 9.17) is 14.6 Å². The number of hydrogen-bond donors (Lipinski definition) is 1. The molecule has 0 aliphatic carbocycles. The van der Waals surface area contributed by atoms with Crippen molar-refractivity contribution in [3.8, 4) is 17.0 Å². The summed E-state index contributed by atoms with van der Waals surface area (Å²) in [5, 5.41) is 7.84. The quantitative estimate of drug-likeness (QED) is 0.556. The van der Waals surface area contributed by atoms with Crippen molar-refractivity contribution < 1.29 is 14.3 Å². The molecule has 0 radical (unpaired) electrons. The zero-order valence-electron chi connectivity index (χ0n) is 19.9. The number of fused-ring (bicyclic) bond motifs is 1. The van der Waals surface area contributed by atoms with Crippen LogP contribution >= 0.6 is 0 Å². The van der Waals surface area contributed by atoms with Gasteiger partial charge in [-0.15, -0.1) is 0 Å². The fourth-order valence-electron chi connectivity index (χ4n) is 3.93. The average molecular weight is 452 g/mol. The maximum Gasteiger partial charge on any atom is 0.270 e. The summed E-state index contributed by atoms with van der Waals surface area (Å²) in [6.45, 7) is 11.3. The SMILES string of the molecule is COc1ccccc1-c1cc(C(=O)NCCCN2CCOCC2)nc2cc(C(C)(C)C)nn12. The lowest BCUT2D eigenvalue weighted by atomic mass is 9.93. The lowest BCUT2D eigenvalue weighted by Crippen LogP contribution is -2.38. The van der Waals surface area contributed by atoms with Crippen LogP contribution in [0.15, 0.2) is 36.4 Å². The number of morpholine rings is 1. The van der Waals surface area contributed by atoms with E-state index in [9.17, 15) is 4.79 Å². The maximum absolute atomic E-state index is 13.0. The number of nitrogens with zero attached hydrogens (tertiary/aromatic N) is 4. The zero-order chi connectivity index (χ0) is 23.4. The first-order valence-electron chi connectivity index (χ1n) is 11.5. The van der Waals surface area contributed by atoms with Gasteiger partial charge in [-0.1, -0.05) is 32.9 Å². The molecular formula is C25H33N5O3. The molecule has 0 spiro atoms. The molecule has 1 amide bonds. The molecule has 1 aliphatic rings.